The fourth-order valence-electron chi connectivity index (χ4n) is 3.84. The van der Waals surface area contributed by atoms with Gasteiger partial charge in [-0.2, -0.15) is 0 Å². The van der Waals surface area contributed by atoms with Crippen LogP contribution >= 0.6 is 0 Å². The SMILES string of the molecule is CCC1CCC(CCc2ccc(-c3ccc(OC)nn3)c(F)c2F)CC1. The third kappa shape index (κ3) is 4.19. The molecule has 1 aromatic heterocycles. The Labute approximate surface area is 153 Å². The number of halogens is 2. The molecule has 0 N–H and O–H groups in total. The first kappa shape index (κ1) is 18.7. The normalized spacial score (nSPS) is 20.2. The van der Waals surface area contributed by atoms with Crippen molar-refractivity contribution in [3.8, 4) is 17.1 Å². The zero-order chi connectivity index (χ0) is 18.5. The second kappa shape index (κ2) is 8.56. The Kier molecular flexibility index (Phi) is 6.17. The smallest absolute Gasteiger partial charge is 0.233 e. The fraction of sp³-hybridized carbons (Fsp3) is 0.524. The van der Waals surface area contributed by atoms with Gasteiger partial charge in [0.25, 0.3) is 0 Å². The summed E-state index contributed by atoms with van der Waals surface area (Å²) in [6.07, 6.45) is 7.72. The predicted octanol–water partition coefficient (Wildman–Crippen LogP) is 5.58. The second-order valence-electron chi connectivity index (χ2n) is 7.19. The van der Waals surface area contributed by atoms with Crippen LogP contribution in [0.4, 0.5) is 8.78 Å². The van der Waals surface area contributed by atoms with E-state index in [0.29, 0.717) is 29.5 Å². The Morgan fingerprint density at radius 1 is 0.962 bits per heavy atom. The number of hydrogen-bond donors (Lipinski definition) is 0. The minimum absolute atomic E-state index is 0.129. The summed E-state index contributed by atoms with van der Waals surface area (Å²) in [4.78, 5) is 0. The zero-order valence-corrected chi connectivity index (χ0v) is 15.5. The minimum Gasteiger partial charge on any atom is -0.480 e. The average Bonchev–Trinajstić information content (AvgIpc) is 2.69. The molecule has 5 heteroatoms. The van der Waals surface area contributed by atoms with E-state index in [1.54, 1.807) is 24.3 Å². The zero-order valence-electron chi connectivity index (χ0n) is 15.5. The number of methoxy groups -OCH3 is 1. The first-order valence-corrected chi connectivity index (χ1v) is 9.47. The highest BCUT2D eigenvalue weighted by Gasteiger charge is 2.21. The van der Waals surface area contributed by atoms with Crippen LogP contribution in [-0.4, -0.2) is 17.3 Å². The summed E-state index contributed by atoms with van der Waals surface area (Å²) in [5, 5.41) is 7.72. The molecule has 0 saturated heterocycles. The van der Waals surface area contributed by atoms with Crippen molar-refractivity contribution in [3.05, 3.63) is 41.5 Å². The van der Waals surface area contributed by atoms with E-state index in [9.17, 15) is 8.78 Å². The summed E-state index contributed by atoms with van der Waals surface area (Å²) in [6, 6.07) is 6.44. The van der Waals surface area contributed by atoms with Gasteiger partial charge in [0, 0.05) is 11.6 Å². The first-order chi connectivity index (χ1) is 12.6. The lowest BCUT2D eigenvalue weighted by molar-refractivity contribution is 0.258. The third-order valence-electron chi connectivity index (χ3n) is 5.65. The number of rotatable bonds is 6. The van der Waals surface area contributed by atoms with Gasteiger partial charge < -0.3 is 4.74 Å². The molecule has 1 saturated carbocycles. The fourth-order valence-corrected chi connectivity index (χ4v) is 3.84. The number of aromatic nitrogens is 2. The Balaban J connectivity index is 1.67. The van der Waals surface area contributed by atoms with E-state index in [4.69, 9.17) is 4.74 Å². The van der Waals surface area contributed by atoms with Crippen LogP contribution < -0.4 is 4.74 Å². The predicted molar refractivity (Wildman–Crippen MR) is 98.0 cm³/mol. The maximum Gasteiger partial charge on any atom is 0.233 e. The van der Waals surface area contributed by atoms with Crippen molar-refractivity contribution in [2.75, 3.05) is 7.11 Å². The number of aryl methyl sites for hydroxylation is 1. The van der Waals surface area contributed by atoms with E-state index in [1.807, 2.05) is 0 Å². The van der Waals surface area contributed by atoms with Gasteiger partial charge in [0.15, 0.2) is 11.6 Å². The lowest BCUT2D eigenvalue weighted by Crippen LogP contribution is -2.14. The van der Waals surface area contributed by atoms with Crippen LogP contribution in [0.5, 0.6) is 5.88 Å². The molecule has 0 bridgehead atoms. The highest BCUT2D eigenvalue weighted by atomic mass is 19.2. The van der Waals surface area contributed by atoms with Crippen molar-refractivity contribution in [2.24, 2.45) is 11.8 Å². The molecule has 3 rings (SSSR count). The van der Waals surface area contributed by atoms with Gasteiger partial charge in [-0.3, -0.25) is 0 Å². The summed E-state index contributed by atoms with van der Waals surface area (Å²) < 4.78 is 34.0. The van der Waals surface area contributed by atoms with Crippen LogP contribution in [0.2, 0.25) is 0 Å². The molecule has 1 aliphatic rings. The third-order valence-corrected chi connectivity index (χ3v) is 5.65. The lowest BCUT2D eigenvalue weighted by atomic mass is 9.78. The van der Waals surface area contributed by atoms with Crippen LogP contribution in [0, 0.1) is 23.5 Å². The van der Waals surface area contributed by atoms with Crippen molar-refractivity contribution in [3.63, 3.8) is 0 Å². The van der Waals surface area contributed by atoms with Crippen LogP contribution in [0.1, 0.15) is 51.0 Å². The maximum absolute atomic E-state index is 14.5. The van der Waals surface area contributed by atoms with Crippen molar-refractivity contribution < 1.29 is 13.5 Å². The largest absolute Gasteiger partial charge is 0.480 e. The van der Waals surface area contributed by atoms with Gasteiger partial charge >= 0.3 is 0 Å². The van der Waals surface area contributed by atoms with E-state index in [2.05, 4.69) is 17.1 Å². The molecule has 3 nitrogen and oxygen atoms in total. The first-order valence-electron chi connectivity index (χ1n) is 9.47. The van der Waals surface area contributed by atoms with Gasteiger partial charge in [-0.05, 0) is 42.4 Å². The monoisotopic (exact) mass is 360 g/mol. The molecule has 0 aliphatic heterocycles. The van der Waals surface area contributed by atoms with Crippen LogP contribution in [0.25, 0.3) is 11.3 Å². The minimum atomic E-state index is -0.850. The Morgan fingerprint density at radius 2 is 1.69 bits per heavy atom. The van der Waals surface area contributed by atoms with E-state index in [1.165, 1.54) is 39.2 Å². The molecule has 0 unspecified atom stereocenters. The molecule has 1 heterocycles. The number of nitrogens with zero attached hydrogens (tertiary/aromatic N) is 2. The highest BCUT2D eigenvalue weighted by molar-refractivity contribution is 5.60. The summed E-state index contributed by atoms with van der Waals surface area (Å²) in [5.41, 5.74) is 0.877. The van der Waals surface area contributed by atoms with Crippen molar-refractivity contribution >= 4 is 0 Å². The topological polar surface area (TPSA) is 35.0 Å². The molecule has 1 fully saturated rings. The molecule has 1 aromatic carbocycles. The van der Waals surface area contributed by atoms with Gasteiger partial charge in [-0.15, -0.1) is 10.2 Å². The second-order valence-corrected chi connectivity index (χ2v) is 7.19. The van der Waals surface area contributed by atoms with Crippen LogP contribution in [-0.2, 0) is 6.42 Å². The van der Waals surface area contributed by atoms with E-state index >= 15 is 0 Å². The molecule has 1 aliphatic carbocycles. The van der Waals surface area contributed by atoms with Crippen molar-refractivity contribution in [1.82, 2.24) is 10.2 Å². The number of benzene rings is 1. The Hall–Kier alpha value is -2.04. The van der Waals surface area contributed by atoms with Crippen LogP contribution in [0.3, 0.4) is 0 Å². The summed E-state index contributed by atoms with van der Waals surface area (Å²) >= 11 is 0. The molecule has 0 atom stereocenters. The van der Waals surface area contributed by atoms with E-state index in [0.717, 1.165) is 12.3 Å². The quantitative estimate of drug-likeness (QED) is 0.674. The van der Waals surface area contributed by atoms with Gasteiger partial charge in [-0.25, -0.2) is 8.78 Å². The van der Waals surface area contributed by atoms with Crippen molar-refractivity contribution in [1.29, 1.82) is 0 Å². The molecule has 2 aromatic rings. The van der Waals surface area contributed by atoms with Crippen molar-refractivity contribution in [2.45, 2.75) is 51.9 Å². The molecule has 0 radical (unpaired) electrons. The Bertz CT molecular complexity index is 726. The highest BCUT2D eigenvalue weighted by Crippen LogP contribution is 2.34. The number of hydrogen-bond acceptors (Lipinski definition) is 3. The molecular weight excluding hydrogens is 334 g/mol. The number of ether oxygens (including phenoxy) is 1. The van der Waals surface area contributed by atoms with Gasteiger partial charge in [0.05, 0.1) is 12.8 Å². The van der Waals surface area contributed by atoms with Gasteiger partial charge in [-0.1, -0.05) is 45.1 Å². The maximum atomic E-state index is 14.5. The average molecular weight is 360 g/mol. The standard InChI is InChI=1S/C21H26F2N2O/c1-3-14-4-6-15(7-5-14)8-9-16-10-11-17(21(23)20(16)22)18-12-13-19(26-2)25-24-18/h10-15H,3-9H2,1-2H3. The van der Waals surface area contributed by atoms with E-state index < -0.39 is 11.6 Å². The molecule has 140 valence electrons. The van der Waals surface area contributed by atoms with E-state index in [-0.39, 0.29) is 5.56 Å². The van der Waals surface area contributed by atoms with Crippen LogP contribution in [0.15, 0.2) is 24.3 Å². The van der Waals surface area contributed by atoms with Gasteiger partial charge in [0.2, 0.25) is 5.88 Å². The summed E-state index contributed by atoms with van der Waals surface area (Å²) in [6.45, 7) is 2.25. The Morgan fingerprint density at radius 3 is 2.31 bits per heavy atom. The molecular formula is C21H26F2N2O. The lowest BCUT2D eigenvalue weighted by Gasteiger charge is -2.27. The molecule has 0 amide bonds. The summed E-state index contributed by atoms with van der Waals surface area (Å²) in [7, 11) is 1.48. The summed E-state index contributed by atoms with van der Waals surface area (Å²) in [5.74, 6) is 0.209. The molecule has 0 spiro atoms. The molecule has 26 heavy (non-hydrogen) atoms. The van der Waals surface area contributed by atoms with Gasteiger partial charge in [0.1, 0.15) is 0 Å².